The highest BCUT2D eigenvalue weighted by Gasteiger charge is 2.51. The molecule has 12 rings (SSSR count). The number of nitrogens with zero attached hydrogens (tertiary/aromatic N) is 2. The predicted molar refractivity (Wildman–Crippen MR) is 185 cm³/mol. The second-order valence-electron chi connectivity index (χ2n) is 15.8. The van der Waals surface area contributed by atoms with Crippen molar-refractivity contribution in [3.05, 3.63) is 44.2 Å². The zero-order valence-corrected chi connectivity index (χ0v) is 28.6. The summed E-state index contributed by atoms with van der Waals surface area (Å²) >= 11 is 7.39. The molecule has 0 aromatic carbocycles. The van der Waals surface area contributed by atoms with Crippen LogP contribution in [0.5, 0.6) is 0 Å². The molecule has 0 amide bonds. The Morgan fingerprint density at radius 3 is 1.84 bits per heavy atom. The molecule has 0 radical (unpaired) electrons. The predicted octanol–water partition coefficient (Wildman–Crippen LogP) is 9.84. The van der Waals surface area contributed by atoms with Gasteiger partial charge in [0.2, 0.25) is 0 Å². The molecule has 4 aromatic rings. The summed E-state index contributed by atoms with van der Waals surface area (Å²) in [5.74, 6) is 5.88. The molecule has 230 valence electrons. The Hall–Kier alpha value is -1.42. The smallest absolute Gasteiger partial charge is 0.157 e. The summed E-state index contributed by atoms with van der Waals surface area (Å²) in [5.41, 5.74) is 4.90. The van der Waals surface area contributed by atoms with Crippen LogP contribution in [-0.2, 0) is 13.1 Å². The number of aromatic nitrogens is 2. The second-order valence-corrected chi connectivity index (χ2v) is 19.7. The Labute approximate surface area is 277 Å². The second kappa shape index (κ2) is 10.5. The number of nitrogens with one attached hydrogen (secondary N) is 2. The third-order valence-electron chi connectivity index (χ3n) is 12.5. The molecule has 8 bridgehead atoms. The van der Waals surface area contributed by atoms with Crippen molar-refractivity contribution in [2.45, 2.75) is 101 Å². The zero-order chi connectivity index (χ0) is 28.9. The average Bonchev–Trinajstić information content (AvgIpc) is 3.80. The largest absolute Gasteiger partial charge is 0.306 e. The summed E-state index contributed by atoms with van der Waals surface area (Å²) in [7, 11) is 0. The first-order valence-corrected chi connectivity index (χ1v) is 20.6. The van der Waals surface area contributed by atoms with E-state index in [1.807, 2.05) is 34.0 Å². The molecule has 8 saturated carbocycles. The van der Waals surface area contributed by atoms with E-state index in [2.05, 4.69) is 55.2 Å². The molecule has 0 atom stereocenters. The topological polar surface area (TPSA) is 49.8 Å². The Morgan fingerprint density at radius 1 is 0.636 bits per heavy atom. The quantitative estimate of drug-likeness (QED) is 0.188. The van der Waals surface area contributed by atoms with Crippen LogP contribution in [-0.4, -0.2) is 21.3 Å². The first-order chi connectivity index (χ1) is 21.5. The van der Waals surface area contributed by atoms with Gasteiger partial charge in [0.25, 0.3) is 0 Å². The fourth-order valence-electron chi connectivity index (χ4n) is 11.5. The highest BCUT2D eigenvalue weighted by Crippen LogP contribution is 2.57. The lowest BCUT2D eigenvalue weighted by Crippen LogP contribution is -2.58. The molecular formula is C36H42N4S4. The highest BCUT2D eigenvalue weighted by atomic mass is 32.1. The van der Waals surface area contributed by atoms with Gasteiger partial charge in [-0.1, -0.05) is 11.3 Å². The van der Waals surface area contributed by atoms with E-state index in [4.69, 9.17) is 0 Å². The molecule has 2 N–H and O–H groups in total. The summed E-state index contributed by atoms with van der Waals surface area (Å²) in [6, 6.07) is 7.00. The highest BCUT2D eigenvalue weighted by molar-refractivity contribution is 7.23. The van der Waals surface area contributed by atoms with E-state index >= 15 is 0 Å². The molecule has 8 aliphatic rings. The van der Waals surface area contributed by atoms with Gasteiger partial charge in [0.15, 0.2) is 5.01 Å². The maximum absolute atomic E-state index is 4.65. The number of hydrogen-bond acceptors (Lipinski definition) is 8. The van der Waals surface area contributed by atoms with Crippen molar-refractivity contribution in [1.29, 1.82) is 0 Å². The van der Waals surface area contributed by atoms with Crippen molar-refractivity contribution >= 4 is 45.3 Å². The third kappa shape index (κ3) is 4.93. The molecule has 0 spiro atoms. The summed E-state index contributed by atoms with van der Waals surface area (Å²) in [4.78, 5) is 4.05. The molecule has 8 aliphatic carbocycles. The summed E-state index contributed by atoms with van der Waals surface area (Å²) < 4.78 is 0. The van der Waals surface area contributed by atoms with Gasteiger partial charge in [-0.05, 0) is 152 Å². The van der Waals surface area contributed by atoms with E-state index in [0.29, 0.717) is 11.1 Å². The van der Waals surface area contributed by atoms with Gasteiger partial charge in [-0.3, -0.25) is 0 Å². The van der Waals surface area contributed by atoms with Gasteiger partial charge in [-0.2, -0.15) is 11.3 Å². The average molecular weight is 659 g/mol. The van der Waals surface area contributed by atoms with Crippen LogP contribution in [0.15, 0.2) is 34.3 Å². The van der Waals surface area contributed by atoms with E-state index < -0.39 is 0 Å². The third-order valence-corrected chi connectivity index (χ3v) is 16.4. The van der Waals surface area contributed by atoms with E-state index in [1.165, 1.54) is 108 Å². The van der Waals surface area contributed by atoms with Crippen LogP contribution in [0.4, 0.5) is 0 Å². The van der Waals surface area contributed by atoms with E-state index in [-0.39, 0.29) is 0 Å². The van der Waals surface area contributed by atoms with Gasteiger partial charge < -0.3 is 10.6 Å². The fourth-order valence-corrected chi connectivity index (χ4v) is 15.2. The van der Waals surface area contributed by atoms with Crippen LogP contribution in [0.2, 0.25) is 0 Å². The molecule has 8 fully saturated rings. The lowest BCUT2D eigenvalue weighted by molar-refractivity contribution is -0.0207. The van der Waals surface area contributed by atoms with Gasteiger partial charge in [-0.25, -0.2) is 0 Å². The molecule has 0 unspecified atom stereocenters. The molecule has 44 heavy (non-hydrogen) atoms. The number of hydrogen-bond donors (Lipinski definition) is 2. The van der Waals surface area contributed by atoms with Gasteiger partial charge in [-0.15, -0.1) is 32.9 Å². The first-order valence-electron chi connectivity index (χ1n) is 17.1. The van der Waals surface area contributed by atoms with Crippen molar-refractivity contribution in [3.63, 3.8) is 0 Å². The molecule has 0 aliphatic heterocycles. The molecule has 8 heteroatoms. The first kappa shape index (κ1) is 27.7. The lowest BCUT2D eigenvalue weighted by atomic mass is 9.53. The Kier molecular flexibility index (Phi) is 6.63. The molecular weight excluding hydrogens is 617 g/mol. The van der Waals surface area contributed by atoms with Crippen LogP contribution in [0, 0.1) is 35.5 Å². The van der Waals surface area contributed by atoms with Crippen molar-refractivity contribution < 1.29 is 0 Å². The van der Waals surface area contributed by atoms with Gasteiger partial charge in [0.1, 0.15) is 5.01 Å². The minimum absolute atomic E-state index is 0.373. The summed E-state index contributed by atoms with van der Waals surface area (Å²) in [6.45, 7) is 1.89. The Balaban J connectivity index is 0.812. The van der Waals surface area contributed by atoms with E-state index in [1.54, 1.807) is 11.3 Å². The number of thiophene rings is 3. The fraction of sp³-hybridized carbons (Fsp3) is 0.611. The molecule has 0 saturated heterocycles. The van der Waals surface area contributed by atoms with E-state index in [9.17, 15) is 0 Å². The Bertz CT molecular complexity index is 1600. The van der Waals surface area contributed by atoms with Crippen molar-refractivity contribution in [2.24, 2.45) is 35.5 Å². The minimum atomic E-state index is 0.373. The van der Waals surface area contributed by atoms with Crippen LogP contribution in [0.25, 0.3) is 31.5 Å². The van der Waals surface area contributed by atoms with Gasteiger partial charge in [0.05, 0.1) is 11.4 Å². The molecule has 4 aromatic heterocycles. The number of rotatable bonds is 9. The normalized spacial score (nSPS) is 36.5. The maximum Gasteiger partial charge on any atom is 0.157 e. The SMILES string of the molecule is c1sc(CNC23CC4CC(CC(C4)C2)C3)cc1-c1cscc1-c1ccc(-c2nnc(CNC34CC5CC(CC(C5)C3)C4)s2)s1. The minimum Gasteiger partial charge on any atom is -0.306 e. The van der Waals surface area contributed by atoms with E-state index in [0.717, 1.165) is 58.6 Å². The van der Waals surface area contributed by atoms with Crippen molar-refractivity contribution in [1.82, 2.24) is 20.8 Å². The van der Waals surface area contributed by atoms with Gasteiger partial charge in [0, 0.05) is 38.5 Å². The lowest BCUT2D eigenvalue weighted by Gasteiger charge is -2.57. The van der Waals surface area contributed by atoms with Crippen LogP contribution >= 0.6 is 45.3 Å². The monoisotopic (exact) mass is 658 g/mol. The standard InChI is InChI=1S/C36H42N4S4/c1-2-32(34-40-39-33(44-34)17-38-36-13-24-6-25(14-36)8-26(7-24)15-36)43-31(1)30-20-41-19-29(30)27-9-28(42-18-27)16-37-35-10-21-3-22(11-35)5-23(4-21)12-35/h1-2,9,18-26,37-38H,3-8,10-17H2. The maximum atomic E-state index is 4.65. The van der Waals surface area contributed by atoms with Crippen LogP contribution in [0.3, 0.4) is 0 Å². The van der Waals surface area contributed by atoms with Gasteiger partial charge >= 0.3 is 0 Å². The van der Waals surface area contributed by atoms with Crippen LogP contribution in [0.1, 0.15) is 86.9 Å². The van der Waals surface area contributed by atoms with Crippen molar-refractivity contribution in [2.75, 3.05) is 0 Å². The summed E-state index contributed by atoms with van der Waals surface area (Å²) in [5, 5.41) is 26.7. The Morgan fingerprint density at radius 2 is 1.20 bits per heavy atom. The molecule has 4 heterocycles. The zero-order valence-electron chi connectivity index (χ0n) is 25.4. The molecule has 4 nitrogen and oxygen atoms in total. The summed E-state index contributed by atoms with van der Waals surface area (Å²) in [6.07, 6.45) is 17.4. The van der Waals surface area contributed by atoms with Crippen LogP contribution < -0.4 is 10.6 Å². The van der Waals surface area contributed by atoms with Crippen molar-refractivity contribution in [3.8, 4) is 31.5 Å².